The number of nitrogens with zero attached hydrogens (tertiary/aromatic N) is 2. The molecule has 24 heavy (non-hydrogen) atoms. The molecule has 0 radical (unpaired) electrons. The molecule has 1 aromatic carbocycles. The van der Waals surface area contributed by atoms with Crippen molar-refractivity contribution in [2.75, 3.05) is 25.0 Å². The Labute approximate surface area is 140 Å². The summed E-state index contributed by atoms with van der Waals surface area (Å²) < 4.78 is 0. The number of amides is 2. The lowest BCUT2D eigenvalue weighted by molar-refractivity contribution is -0.384. The Bertz CT molecular complexity index is 603. The van der Waals surface area contributed by atoms with Crippen molar-refractivity contribution in [3.63, 3.8) is 0 Å². The van der Waals surface area contributed by atoms with E-state index >= 15 is 0 Å². The zero-order valence-corrected chi connectivity index (χ0v) is 13.7. The second kappa shape index (κ2) is 8.39. The number of non-ortho nitro benzene ring substituents is 1. The third-order valence-electron chi connectivity index (χ3n) is 3.93. The maximum Gasteiger partial charge on any atom is 0.269 e. The van der Waals surface area contributed by atoms with E-state index in [9.17, 15) is 19.7 Å². The Morgan fingerprint density at radius 3 is 2.67 bits per heavy atom. The van der Waals surface area contributed by atoms with Crippen molar-refractivity contribution in [2.24, 2.45) is 0 Å². The highest BCUT2D eigenvalue weighted by Gasteiger charge is 2.20. The van der Waals surface area contributed by atoms with Gasteiger partial charge in [-0.05, 0) is 31.5 Å². The molecule has 8 heteroatoms. The molecule has 1 aromatic rings. The van der Waals surface area contributed by atoms with Crippen molar-refractivity contribution in [3.8, 4) is 0 Å². The predicted molar refractivity (Wildman–Crippen MR) is 89.6 cm³/mol. The Morgan fingerprint density at radius 2 is 2.04 bits per heavy atom. The summed E-state index contributed by atoms with van der Waals surface area (Å²) in [5.74, 6) is -0.164. The monoisotopic (exact) mass is 334 g/mol. The fourth-order valence-corrected chi connectivity index (χ4v) is 2.81. The molecule has 0 saturated carbocycles. The molecule has 1 fully saturated rings. The molecule has 1 aliphatic rings. The third-order valence-corrected chi connectivity index (χ3v) is 3.93. The van der Waals surface area contributed by atoms with Crippen LogP contribution in [0, 0.1) is 10.1 Å². The quantitative estimate of drug-likeness (QED) is 0.606. The summed E-state index contributed by atoms with van der Waals surface area (Å²) in [5, 5.41) is 16.2. The highest BCUT2D eigenvalue weighted by Crippen LogP contribution is 2.16. The van der Waals surface area contributed by atoms with Crippen LogP contribution in [0.5, 0.6) is 0 Å². The van der Waals surface area contributed by atoms with E-state index in [1.54, 1.807) is 0 Å². The highest BCUT2D eigenvalue weighted by atomic mass is 16.6. The summed E-state index contributed by atoms with van der Waals surface area (Å²) in [6.07, 6.45) is 2.30. The summed E-state index contributed by atoms with van der Waals surface area (Å²) in [4.78, 5) is 35.4. The molecule has 0 bridgehead atoms. The summed E-state index contributed by atoms with van der Waals surface area (Å²) in [6, 6.07) is 5.90. The number of likely N-dealkylation sites (tertiary alicyclic amines) is 1. The molecule has 1 unspecified atom stereocenters. The first-order valence-electron chi connectivity index (χ1n) is 7.98. The van der Waals surface area contributed by atoms with Crippen molar-refractivity contribution in [1.29, 1.82) is 0 Å². The summed E-state index contributed by atoms with van der Waals surface area (Å²) in [6.45, 7) is 3.80. The minimum Gasteiger partial charge on any atom is -0.352 e. The van der Waals surface area contributed by atoms with Gasteiger partial charge in [-0.2, -0.15) is 0 Å². The Hall–Kier alpha value is -2.48. The second-order valence-corrected chi connectivity index (χ2v) is 5.94. The van der Waals surface area contributed by atoms with Crippen molar-refractivity contribution in [2.45, 2.75) is 32.2 Å². The van der Waals surface area contributed by atoms with E-state index in [-0.39, 0.29) is 23.5 Å². The molecule has 1 atom stereocenters. The Morgan fingerprint density at radius 1 is 1.33 bits per heavy atom. The van der Waals surface area contributed by atoms with Gasteiger partial charge in [-0.1, -0.05) is 0 Å². The molecule has 2 amide bonds. The van der Waals surface area contributed by atoms with Gasteiger partial charge in [0, 0.05) is 50.3 Å². The maximum atomic E-state index is 12.0. The SMILES string of the molecule is CC(=O)NC1CCCN(CCC(=O)Nc2ccc([N+](=O)[O-])cc2)C1. The summed E-state index contributed by atoms with van der Waals surface area (Å²) in [5.41, 5.74) is 0.533. The van der Waals surface area contributed by atoms with Crippen molar-refractivity contribution in [1.82, 2.24) is 10.2 Å². The van der Waals surface area contributed by atoms with Gasteiger partial charge < -0.3 is 15.5 Å². The van der Waals surface area contributed by atoms with E-state index in [1.807, 2.05) is 0 Å². The van der Waals surface area contributed by atoms with E-state index in [1.165, 1.54) is 31.2 Å². The lowest BCUT2D eigenvalue weighted by Gasteiger charge is -2.32. The fraction of sp³-hybridized carbons (Fsp3) is 0.500. The maximum absolute atomic E-state index is 12.0. The van der Waals surface area contributed by atoms with Crippen LogP contribution in [0.25, 0.3) is 0 Å². The number of carbonyl (C=O) groups excluding carboxylic acids is 2. The van der Waals surface area contributed by atoms with Crippen molar-refractivity contribution >= 4 is 23.2 Å². The van der Waals surface area contributed by atoms with Gasteiger partial charge in [-0.15, -0.1) is 0 Å². The van der Waals surface area contributed by atoms with Gasteiger partial charge in [0.1, 0.15) is 0 Å². The first-order chi connectivity index (χ1) is 11.4. The smallest absolute Gasteiger partial charge is 0.269 e. The van der Waals surface area contributed by atoms with Gasteiger partial charge in [0.25, 0.3) is 5.69 Å². The fourth-order valence-electron chi connectivity index (χ4n) is 2.81. The molecule has 1 saturated heterocycles. The lowest BCUT2D eigenvalue weighted by atomic mass is 10.1. The molecular formula is C16H22N4O4. The lowest BCUT2D eigenvalue weighted by Crippen LogP contribution is -2.47. The molecule has 0 aliphatic carbocycles. The minimum atomic E-state index is -0.479. The van der Waals surface area contributed by atoms with E-state index in [0.29, 0.717) is 18.7 Å². The molecule has 130 valence electrons. The first-order valence-corrected chi connectivity index (χ1v) is 7.98. The zero-order chi connectivity index (χ0) is 17.5. The van der Waals surface area contributed by atoms with Gasteiger partial charge in [-0.25, -0.2) is 0 Å². The van der Waals surface area contributed by atoms with E-state index < -0.39 is 4.92 Å². The normalized spacial score (nSPS) is 18.0. The average Bonchev–Trinajstić information content (AvgIpc) is 2.53. The molecule has 2 N–H and O–H groups in total. The average molecular weight is 334 g/mol. The molecule has 1 heterocycles. The van der Waals surface area contributed by atoms with Crippen LogP contribution in [0.15, 0.2) is 24.3 Å². The van der Waals surface area contributed by atoms with E-state index in [4.69, 9.17) is 0 Å². The molecular weight excluding hydrogens is 312 g/mol. The number of nitro benzene ring substituents is 1. The first kappa shape index (κ1) is 17.9. The Balaban J connectivity index is 1.76. The molecule has 8 nitrogen and oxygen atoms in total. The molecule has 0 spiro atoms. The van der Waals surface area contributed by atoms with Crippen LogP contribution in [-0.4, -0.2) is 47.3 Å². The molecule has 1 aliphatic heterocycles. The van der Waals surface area contributed by atoms with Crippen molar-refractivity contribution in [3.05, 3.63) is 34.4 Å². The number of hydrogen-bond acceptors (Lipinski definition) is 5. The second-order valence-electron chi connectivity index (χ2n) is 5.94. The van der Waals surface area contributed by atoms with E-state index in [2.05, 4.69) is 15.5 Å². The van der Waals surface area contributed by atoms with Gasteiger partial charge in [0.15, 0.2) is 0 Å². The van der Waals surface area contributed by atoms with Gasteiger partial charge in [0.2, 0.25) is 11.8 Å². The number of anilines is 1. The number of benzene rings is 1. The topological polar surface area (TPSA) is 105 Å². The number of hydrogen-bond donors (Lipinski definition) is 2. The van der Waals surface area contributed by atoms with Crippen LogP contribution in [0.1, 0.15) is 26.2 Å². The van der Waals surface area contributed by atoms with Gasteiger partial charge >= 0.3 is 0 Å². The molecule has 2 rings (SSSR count). The standard InChI is InChI=1S/C16H22N4O4/c1-12(21)17-14-3-2-9-19(11-14)10-8-16(22)18-13-4-6-15(7-5-13)20(23)24/h4-7,14H,2-3,8-11H2,1H3,(H,17,21)(H,18,22). The third kappa shape index (κ3) is 5.62. The van der Waals surface area contributed by atoms with Crippen molar-refractivity contribution < 1.29 is 14.5 Å². The van der Waals surface area contributed by atoms with Gasteiger partial charge in [-0.3, -0.25) is 19.7 Å². The van der Waals surface area contributed by atoms with Crippen LogP contribution in [0.4, 0.5) is 11.4 Å². The number of nitrogens with one attached hydrogen (secondary N) is 2. The largest absolute Gasteiger partial charge is 0.352 e. The van der Waals surface area contributed by atoms with Crippen LogP contribution in [-0.2, 0) is 9.59 Å². The number of nitro groups is 1. The number of carbonyl (C=O) groups is 2. The van der Waals surface area contributed by atoms with Crippen LogP contribution >= 0.6 is 0 Å². The van der Waals surface area contributed by atoms with E-state index in [0.717, 1.165) is 25.9 Å². The van der Waals surface area contributed by atoms with Gasteiger partial charge in [0.05, 0.1) is 4.92 Å². The molecule has 0 aromatic heterocycles. The zero-order valence-electron chi connectivity index (χ0n) is 13.7. The minimum absolute atomic E-state index is 0.00895. The van der Waals surface area contributed by atoms with Crippen LogP contribution in [0.2, 0.25) is 0 Å². The number of rotatable bonds is 6. The number of piperidine rings is 1. The Kier molecular flexibility index (Phi) is 6.25. The predicted octanol–water partition coefficient (Wildman–Crippen LogP) is 1.52. The van der Waals surface area contributed by atoms with Crippen LogP contribution in [0.3, 0.4) is 0 Å². The summed E-state index contributed by atoms with van der Waals surface area (Å²) in [7, 11) is 0. The highest BCUT2D eigenvalue weighted by molar-refractivity contribution is 5.90. The summed E-state index contributed by atoms with van der Waals surface area (Å²) >= 11 is 0. The van der Waals surface area contributed by atoms with Crippen LogP contribution < -0.4 is 10.6 Å².